The van der Waals surface area contributed by atoms with Crippen molar-refractivity contribution in [2.45, 2.75) is 0 Å². The van der Waals surface area contributed by atoms with Gasteiger partial charge >= 0.3 is 0 Å². The highest BCUT2D eigenvalue weighted by molar-refractivity contribution is 5.93. The average Bonchev–Trinajstić information content (AvgIpc) is 3.01. The van der Waals surface area contributed by atoms with Gasteiger partial charge in [-0.15, -0.1) is 0 Å². The SMILES string of the molecule is Cn1nc(-c2nc3cc(F)c(F)cc3[nH]2)c2ccccc21. The van der Waals surface area contributed by atoms with E-state index in [0.717, 1.165) is 23.0 Å². The average molecular weight is 284 g/mol. The Labute approximate surface area is 118 Å². The van der Waals surface area contributed by atoms with E-state index in [-0.39, 0.29) is 0 Å². The van der Waals surface area contributed by atoms with Crippen LogP contribution in [0.25, 0.3) is 33.5 Å². The zero-order valence-electron chi connectivity index (χ0n) is 11.1. The Bertz CT molecular complexity index is 945. The van der Waals surface area contributed by atoms with E-state index in [9.17, 15) is 8.78 Å². The van der Waals surface area contributed by atoms with Crippen molar-refractivity contribution in [3.63, 3.8) is 0 Å². The van der Waals surface area contributed by atoms with E-state index in [1.165, 1.54) is 0 Å². The number of H-pyrrole nitrogens is 1. The molecule has 0 radical (unpaired) electrons. The third-order valence-corrected chi connectivity index (χ3v) is 3.51. The van der Waals surface area contributed by atoms with Gasteiger partial charge in [-0.1, -0.05) is 18.2 Å². The van der Waals surface area contributed by atoms with Crippen molar-refractivity contribution in [2.24, 2.45) is 7.05 Å². The number of halogens is 2. The van der Waals surface area contributed by atoms with Crippen LogP contribution in [0.5, 0.6) is 0 Å². The lowest BCUT2D eigenvalue weighted by Gasteiger charge is -1.91. The van der Waals surface area contributed by atoms with Crippen molar-refractivity contribution < 1.29 is 8.78 Å². The summed E-state index contributed by atoms with van der Waals surface area (Å²) in [7, 11) is 1.84. The van der Waals surface area contributed by atoms with Gasteiger partial charge in [-0.2, -0.15) is 5.10 Å². The molecule has 0 spiro atoms. The molecule has 21 heavy (non-hydrogen) atoms. The van der Waals surface area contributed by atoms with Crippen LogP contribution in [-0.4, -0.2) is 19.7 Å². The van der Waals surface area contributed by atoms with Crippen molar-refractivity contribution in [3.05, 3.63) is 48.0 Å². The first kappa shape index (κ1) is 12.0. The summed E-state index contributed by atoms with van der Waals surface area (Å²) in [5.41, 5.74) is 2.44. The molecule has 4 aromatic rings. The lowest BCUT2D eigenvalue weighted by atomic mass is 10.2. The van der Waals surface area contributed by atoms with Crippen molar-refractivity contribution >= 4 is 21.9 Å². The number of aromatic nitrogens is 4. The molecule has 0 atom stereocenters. The molecule has 104 valence electrons. The molecule has 0 bridgehead atoms. The number of hydrogen-bond donors (Lipinski definition) is 1. The summed E-state index contributed by atoms with van der Waals surface area (Å²) in [6.07, 6.45) is 0. The van der Waals surface area contributed by atoms with Crippen molar-refractivity contribution in [2.75, 3.05) is 0 Å². The Balaban J connectivity index is 2.00. The van der Waals surface area contributed by atoms with E-state index in [2.05, 4.69) is 15.1 Å². The van der Waals surface area contributed by atoms with E-state index in [1.54, 1.807) is 4.68 Å². The van der Waals surface area contributed by atoms with Crippen molar-refractivity contribution in [3.8, 4) is 11.5 Å². The molecule has 4 nitrogen and oxygen atoms in total. The predicted octanol–water partition coefficient (Wildman–Crippen LogP) is 3.39. The number of aryl methyl sites for hydroxylation is 1. The molecule has 0 fully saturated rings. The maximum atomic E-state index is 13.3. The Kier molecular flexibility index (Phi) is 2.35. The van der Waals surface area contributed by atoms with Crippen molar-refractivity contribution in [1.29, 1.82) is 0 Å². The third kappa shape index (κ3) is 1.72. The Hall–Kier alpha value is -2.76. The van der Waals surface area contributed by atoms with E-state index < -0.39 is 11.6 Å². The molecular weight excluding hydrogens is 274 g/mol. The molecule has 1 N–H and O–H groups in total. The van der Waals surface area contributed by atoms with Crippen LogP contribution in [0.15, 0.2) is 36.4 Å². The van der Waals surface area contributed by atoms with E-state index in [0.29, 0.717) is 22.6 Å². The fourth-order valence-electron chi connectivity index (χ4n) is 2.51. The lowest BCUT2D eigenvalue weighted by Crippen LogP contribution is -1.90. The maximum Gasteiger partial charge on any atom is 0.161 e. The summed E-state index contributed by atoms with van der Waals surface area (Å²) in [5.74, 6) is -1.32. The van der Waals surface area contributed by atoms with E-state index in [4.69, 9.17) is 0 Å². The topological polar surface area (TPSA) is 46.5 Å². The molecule has 6 heteroatoms. The molecule has 0 unspecified atom stereocenters. The molecule has 2 aromatic carbocycles. The second kappa shape index (κ2) is 4.12. The van der Waals surface area contributed by atoms with Crippen LogP contribution in [0, 0.1) is 11.6 Å². The minimum atomic E-state index is -0.911. The van der Waals surface area contributed by atoms with Gasteiger partial charge in [0.25, 0.3) is 0 Å². The molecule has 0 amide bonds. The summed E-state index contributed by atoms with van der Waals surface area (Å²) in [5, 5.41) is 5.37. The Morgan fingerprint density at radius 3 is 2.71 bits per heavy atom. The first-order valence-corrected chi connectivity index (χ1v) is 6.40. The molecule has 0 aliphatic carbocycles. The van der Waals surface area contributed by atoms with Gasteiger partial charge in [0.2, 0.25) is 0 Å². The lowest BCUT2D eigenvalue weighted by molar-refractivity contribution is 0.510. The summed E-state index contributed by atoms with van der Waals surface area (Å²) in [6, 6.07) is 9.91. The van der Waals surface area contributed by atoms with Crippen LogP contribution in [-0.2, 0) is 7.05 Å². The fraction of sp³-hybridized carbons (Fsp3) is 0.0667. The van der Waals surface area contributed by atoms with Crippen LogP contribution >= 0.6 is 0 Å². The molecule has 0 saturated heterocycles. The fourth-order valence-corrected chi connectivity index (χ4v) is 2.51. The number of rotatable bonds is 1. The van der Waals surface area contributed by atoms with E-state index in [1.807, 2.05) is 31.3 Å². The quantitative estimate of drug-likeness (QED) is 0.582. The van der Waals surface area contributed by atoms with Crippen LogP contribution in [0.2, 0.25) is 0 Å². The number of benzene rings is 2. The molecule has 0 saturated carbocycles. The second-order valence-electron chi connectivity index (χ2n) is 4.86. The smallest absolute Gasteiger partial charge is 0.161 e. The number of aromatic amines is 1. The predicted molar refractivity (Wildman–Crippen MR) is 75.7 cm³/mol. The monoisotopic (exact) mass is 284 g/mol. The molecule has 4 rings (SSSR count). The zero-order chi connectivity index (χ0) is 14.6. The second-order valence-corrected chi connectivity index (χ2v) is 4.86. The molecule has 2 heterocycles. The first-order valence-electron chi connectivity index (χ1n) is 6.40. The molecule has 0 aliphatic rings. The number of para-hydroxylation sites is 1. The molecular formula is C15H10F2N4. The molecule has 2 aromatic heterocycles. The number of fused-ring (bicyclic) bond motifs is 2. The maximum absolute atomic E-state index is 13.3. The van der Waals surface area contributed by atoms with Gasteiger partial charge in [0.15, 0.2) is 17.5 Å². The number of nitrogens with zero attached hydrogens (tertiary/aromatic N) is 3. The number of imidazole rings is 1. The van der Waals surface area contributed by atoms with Gasteiger partial charge in [0, 0.05) is 24.6 Å². The van der Waals surface area contributed by atoms with Gasteiger partial charge in [-0.3, -0.25) is 4.68 Å². The van der Waals surface area contributed by atoms with Gasteiger partial charge in [0.05, 0.1) is 16.6 Å². The Morgan fingerprint density at radius 1 is 1.10 bits per heavy atom. The van der Waals surface area contributed by atoms with Gasteiger partial charge < -0.3 is 4.98 Å². The van der Waals surface area contributed by atoms with Crippen LogP contribution in [0.4, 0.5) is 8.78 Å². The highest BCUT2D eigenvalue weighted by atomic mass is 19.2. The van der Waals surface area contributed by atoms with Gasteiger partial charge in [-0.25, -0.2) is 13.8 Å². The first-order chi connectivity index (χ1) is 10.1. The summed E-state index contributed by atoms with van der Waals surface area (Å²) in [4.78, 5) is 7.30. The number of hydrogen-bond acceptors (Lipinski definition) is 2. The van der Waals surface area contributed by atoms with Crippen LogP contribution < -0.4 is 0 Å². The minimum absolute atomic E-state index is 0.374. The van der Waals surface area contributed by atoms with Crippen LogP contribution in [0.1, 0.15) is 0 Å². The highest BCUT2D eigenvalue weighted by Crippen LogP contribution is 2.27. The minimum Gasteiger partial charge on any atom is -0.336 e. The van der Waals surface area contributed by atoms with Gasteiger partial charge in [0.1, 0.15) is 5.69 Å². The van der Waals surface area contributed by atoms with E-state index >= 15 is 0 Å². The number of nitrogens with one attached hydrogen (secondary N) is 1. The third-order valence-electron chi connectivity index (χ3n) is 3.51. The largest absolute Gasteiger partial charge is 0.336 e. The summed E-state index contributed by atoms with van der Waals surface area (Å²) >= 11 is 0. The van der Waals surface area contributed by atoms with Gasteiger partial charge in [-0.05, 0) is 6.07 Å². The van der Waals surface area contributed by atoms with Crippen molar-refractivity contribution in [1.82, 2.24) is 19.7 Å². The van der Waals surface area contributed by atoms with Crippen LogP contribution in [0.3, 0.4) is 0 Å². The zero-order valence-corrected chi connectivity index (χ0v) is 11.1. The summed E-state index contributed by atoms with van der Waals surface area (Å²) < 4.78 is 28.3. The Morgan fingerprint density at radius 2 is 1.86 bits per heavy atom. The normalized spacial score (nSPS) is 11.6. The summed E-state index contributed by atoms with van der Waals surface area (Å²) in [6.45, 7) is 0. The molecule has 0 aliphatic heterocycles. The standard InChI is InChI=1S/C15H10F2N4/c1-21-13-5-3-2-4-8(13)14(20-21)15-18-11-6-9(16)10(17)7-12(11)19-15/h2-7H,1H3,(H,18,19). The highest BCUT2D eigenvalue weighted by Gasteiger charge is 2.15.